The highest BCUT2D eigenvalue weighted by atomic mass is 19.1. The van der Waals surface area contributed by atoms with E-state index in [1.54, 1.807) is 6.92 Å². The number of nitrogens with one attached hydrogen (secondary N) is 1. The molecule has 0 spiro atoms. The molecule has 0 aliphatic rings. The number of aromatic nitrogens is 1. The van der Waals surface area contributed by atoms with Crippen LogP contribution >= 0.6 is 0 Å². The lowest BCUT2D eigenvalue weighted by molar-refractivity contribution is -0.387. The van der Waals surface area contributed by atoms with Crippen molar-refractivity contribution >= 4 is 22.2 Å². The fourth-order valence-electron chi connectivity index (χ4n) is 1.53. The van der Waals surface area contributed by atoms with Gasteiger partial charge in [-0.1, -0.05) is 6.58 Å². The van der Waals surface area contributed by atoms with Gasteiger partial charge < -0.3 is 4.98 Å². The quantitative estimate of drug-likeness (QED) is 0.623. The number of benzene rings is 1. The van der Waals surface area contributed by atoms with Crippen LogP contribution in [0, 0.1) is 15.9 Å². The third-order valence-electron chi connectivity index (χ3n) is 2.37. The predicted octanol–water partition coefficient (Wildman–Crippen LogP) is 3.25. The number of aromatic amines is 1. The Morgan fingerprint density at radius 1 is 1.56 bits per heavy atom. The molecular weight excluding hydrogens is 211 g/mol. The van der Waals surface area contributed by atoms with E-state index in [1.807, 2.05) is 0 Å². The van der Waals surface area contributed by atoms with Gasteiger partial charge in [0.25, 0.3) is 0 Å². The lowest BCUT2D eigenvalue weighted by Crippen LogP contribution is -1.91. The Bertz CT molecular complexity index is 601. The molecule has 0 bridgehead atoms. The van der Waals surface area contributed by atoms with Crippen LogP contribution in [0.1, 0.15) is 12.6 Å². The first-order chi connectivity index (χ1) is 7.50. The average molecular weight is 220 g/mol. The second-order valence-corrected chi connectivity index (χ2v) is 3.58. The van der Waals surface area contributed by atoms with E-state index in [4.69, 9.17) is 0 Å². The van der Waals surface area contributed by atoms with Crippen LogP contribution in [-0.4, -0.2) is 9.91 Å². The van der Waals surface area contributed by atoms with Gasteiger partial charge in [0.05, 0.1) is 4.92 Å². The third-order valence-corrected chi connectivity index (χ3v) is 2.37. The van der Waals surface area contributed by atoms with Crippen LogP contribution in [-0.2, 0) is 0 Å². The highest BCUT2D eigenvalue weighted by Crippen LogP contribution is 2.28. The fraction of sp³-hybridized carbons (Fsp3) is 0.0909. The Morgan fingerprint density at radius 3 is 2.81 bits per heavy atom. The highest BCUT2D eigenvalue weighted by molar-refractivity contribution is 5.86. The van der Waals surface area contributed by atoms with Crippen molar-refractivity contribution in [3.05, 3.63) is 46.4 Å². The minimum absolute atomic E-state index is 0.215. The molecule has 0 radical (unpaired) electrons. The Morgan fingerprint density at radius 2 is 2.25 bits per heavy atom. The number of fused-ring (bicyclic) bond motifs is 1. The van der Waals surface area contributed by atoms with Crippen LogP contribution in [0.5, 0.6) is 0 Å². The zero-order valence-electron chi connectivity index (χ0n) is 8.58. The second-order valence-electron chi connectivity index (χ2n) is 3.58. The van der Waals surface area contributed by atoms with E-state index in [2.05, 4.69) is 11.6 Å². The molecule has 4 nitrogen and oxygen atoms in total. The third kappa shape index (κ3) is 1.46. The molecule has 0 fully saturated rings. The number of allylic oxidation sites excluding steroid dienone is 1. The molecule has 1 aromatic carbocycles. The van der Waals surface area contributed by atoms with Crippen molar-refractivity contribution in [2.24, 2.45) is 0 Å². The first-order valence-corrected chi connectivity index (χ1v) is 4.62. The van der Waals surface area contributed by atoms with Gasteiger partial charge in [-0.15, -0.1) is 0 Å². The van der Waals surface area contributed by atoms with Crippen LogP contribution in [0.25, 0.3) is 16.5 Å². The van der Waals surface area contributed by atoms with Gasteiger partial charge in [-0.25, -0.2) is 0 Å². The summed E-state index contributed by atoms with van der Waals surface area (Å²) in [4.78, 5) is 12.7. The van der Waals surface area contributed by atoms with Gasteiger partial charge in [0.1, 0.15) is 0 Å². The summed E-state index contributed by atoms with van der Waals surface area (Å²) >= 11 is 0. The smallest absolute Gasteiger partial charge is 0.305 e. The molecule has 1 N–H and O–H groups in total. The topological polar surface area (TPSA) is 58.9 Å². The molecule has 82 valence electrons. The van der Waals surface area contributed by atoms with E-state index in [0.717, 1.165) is 11.6 Å². The molecule has 2 rings (SSSR count). The van der Waals surface area contributed by atoms with Gasteiger partial charge in [-0.05, 0) is 24.6 Å². The molecule has 5 heteroatoms. The number of rotatable bonds is 2. The number of nitrogens with zero attached hydrogens (tertiary/aromatic N) is 1. The zero-order valence-corrected chi connectivity index (χ0v) is 8.58. The molecular formula is C11H9FN2O2. The normalized spacial score (nSPS) is 10.6. The van der Waals surface area contributed by atoms with E-state index < -0.39 is 16.4 Å². The minimum Gasteiger partial charge on any atom is -0.355 e. The zero-order chi connectivity index (χ0) is 11.9. The number of hydrogen-bond acceptors (Lipinski definition) is 2. The number of halogens is 1. The SMILES string of the molecule is C=C(C)c1cc2c(F)c([N+](=O)[O-])ccc2[nH]1. The van der Waals surface area contributed by atoms with E-state index in [9.17, 15) is 14.5 Å². The van der Waals surface area contributed by atoms with Gasteiger partial charge in [0, 0.05) is 22.7 Å². The van der Waals surface area contributed by atoms with Crippen LogP contribution in [0.2, 0.25) is 0 Å². The van der Waals surface area contributed by atoms with E-state index in [0.29, 0.717) is 11.2 Å². The highest BCUT2D eigenvalue weighted by Gasteiger charge is 2.18. The van der Waals surface area contributed by atoms with Crippen molar-refractivity contribution in [3.63, 3.8) is 0 Å². The van der Waals surface area contributed by atoms with Crippen LogP contribution < -0.4 is 0 Å². The molecule has 0 atom stereocenters. The largest absolute Gasteiger partial charge is 0.355 e. The second kappa shape index (κ2) is 3.44. The molecule has 1 heterocycles. The van der Waals surface area contributed by atoms with Crippen molar-refractivity contribution in [2.75, 3.05) is 0 Å². The number of nitro benzene ring substituents is 1. The molecule has 0 aliphatic carbocycles. The number of hydrogen-bond donors (Lipinski definition) is 1. The Hall–Kier alpha value is -2.17. The lowest BCUT2D eigenvalue weighted by Gasteiger charge is -1.94. The predicted molar refractivity (Wildman–Crippen MR) is 59.6 cm³/mol. The molecule has 16 heavy (non-hydrogen) atoms. The molecule has 0 aliphatic heterocycles. The van der Waals surface area contributed by atoms with Crippen molar-refractivity contribution in [1.29, 1.82) is 0 Å². The Kier molecular flexibility index (Phi) is 2.23. The molecule has 1 aromatic heterocycles. The van der Waals surface area contributed by atoms with Crippen LogP contribution in [0.15, 0.2) is 24.8 Å². The van der Waals surface area contributed by atoms with Gasteiger partial charge >= 0.3 is 5.69 Å². The van der Waals surface area contributed by atoms with Crippen LogP contribution in [0.4, 0.5) is 10.1 Å². The summed E-state index contributed by atoms with van der Waals surface area (Å²) in [5.41, 5.74) is 1.44. The maximum absolute atomic E-state index is 13.7. The first kappa shape index (κ1) is 10.4. The van der Waals surface area contributed by atoms with E-state index in [-0.39, 0.29) is 5.39 Å². The standard InChI is InChI=1S/C11H9FN2O2/c1-6(2)9-5-7-8(13-9)3-4-10(11(7)12)14(15)16/h3-5,13H,1H2,2H3. The van der Waals surface area contributed by atoms with Gasteiger partial charge in [0.15, 0.2) is 0 Å². The maximum Gasteiger partial charge on any atom is 0.305 e. The molecule has 2 aromatic rings. The minimum atomic E-state index is -0.814. The molecule has 0 saturated carbocycles. The summed E-state index contributed by atoms with van der Waals surface area (Å²) in [6.07, 6.45) is 0. The van der Waals surface area contributed by atoms with Crippen molar-refractivity contribution in [1.82, 2.24) is 4.98 Å². The van der Waals surface area contributed by atoms with Gasteiger partial charge in [-0.3, -0.25) is 10.1 Å². The van der Waals surface area contributed by atoms with Gasteiger partial charge in [0.2, 0.25) is 5.82 Å². The fourth-order valence-corrected chi connectivity index (χ4v) is 1.53. The summed E-state index contributed by atoms with van der Waals surface area (Å²) in [6.45, 7) is 5.50. The summed E-state index contributed by atoms with van der Waals surface area (Å²) in [5, 5.41) is 10.8. The summed E-state index contributed by atoms with van der Waals surface area (Å²) in [5.74, 6) is -0.814. The molecule has 0 amide bonds. The van der Waals surface area contributed by atoms with Gasteiger partial charge in [-0.2, -0.15) is 4.39 Å². The van der Waals surface area contributed by atoms with Crippen LogP contribution in [0.3, 0.4) is 0 Å². The summed E-state index contributed by atoms with van der Waals surface area (Å²) in [7, 11) is 0. The number of nitro groups is 1. The lowest BCUT2D eigenvalue weighted by atomic mass is 10.2. The summed E-state index contributed by atoms with van der Waals surface area (Å²) < 4.78 is 13.7. The van der Waals surface area contributed by atoms with Crippen molar-refractivity contribution < 1.29 is 9.31 Å². The van der Waals surface area contributed by atoms with E-state index >= 15 is 0 Å². The molecule has 0 saturated heterocycles. The Labute approximate surface area is 90.5 Å². The average Bonchev–Trinajstić information content (AvgIpc) is 2.62. The van der Waals surface area contributed by atoms with E-state index in [1.165, 1.54) is 12.1 Å². The summed E-state index contributed by atoms with van der Waals surface area (Å²) in [6, 6.07) is 4.17. The molecule has 0 unspecified atom stereocenters. The van der Waals surface area contributed by atoms with Crippen molar-refractivity contribution in [2.45, 2.75) is 6.92 Å². The maximum atomic E-state index is 13.7. The monoisotopic (exact) mass is 220 g/mol. The number of H-pyrrole nitrogens is 1. The van der Waals surface area contributed by atoms with Crippen molar-refractivity contribution in [3.8, 4) is 0 Å². The Balaban J connectivity index is 2.74. The first-order valence-electron chi connectivity index (χ1n) is 4.62.